The molecule has 6 nitrogen and oxygen atoms in total. The summed E-state index contributed by atoms with van der Waals surface area (Å²) in [6, 6.07) is 0. The van der Waals surface area contributed by atoms with Crippen LogP contribution in [0.5, 0.6) is 5.88 Å². The summed E-state index contributed by atoms with van der Waals surface area (Å²) >= 11 is 0. The summed E-state index contributed by atoms with van der Waals surface area (Å²) in [6.07, 6.45) is 3.01. The van der Waals surface area contributed by atoms with Crippen molar-refractivity contribution in [3.63, 3.8) is 0 Å². The second kappa shape index (κ2) is 4.89. The zero-order chi connectivity index (χ0) is 11.4. The van der Waals surface area contributed by atoms with E-state index in [4.69, 9.17) is 4.74 Å². The summed E-state index contributed by atoms with van der Waals surface area (Å²) in [5.41, 5.74) is 0.284. The highest BCUT2D eigenvalue weighted by Gasteiger charge is 2.22. The number of carbonyl (C=O) groups excluding carboxylic acids is 1. The van der Waals surface area contributed by atoms with Gasteiger partial charge in [-0.05, 0) is 0 Å². The highest BCUT2D eigenvalue weighted by molar-refractivity contribution is 5.94. The van der Waals surface area contributed by atoms with Crippen LogP contribution in [0.4, 0.5) is 0 Å². The van der Waals surface area contributed by atoms with Crippen molar-refractivity contribution in [1.29, 1.82) is 0 Å². The predicted molar refractivity (Wildman–Crippen MR) is 57.4 cm³/mol. The number of hydrogen-bond donors (Lipinski definition) is 1. The van der Waals surface area contributed by atoms with Crippen LogP contribution in [0, 0.1) is 0 Å². The van der Waals surface area contributed by atoms with Crippen LogP contribution >= 0.6 is 0 Å². The average Bonchev–Trinajstić information content (AvgIpc) is 2.39. The van der Waals surface area contributed by atoms with Gasteiger partial charge in [-0.3, -0.25) is 4.79 Å². The number of piperazine rings is 1. The molecule has 0 spiro atoms. The number of aromatic nitrogens is 2. The molecule has 2 heterocycles. The first kappa shape index (κ1) is 10.8. The normalized spacial score (nSPS) is 15.9. The minimum absolute atomic E-state index is 0.119. The maximum atomic E-state index is 12.1. The Balaban J connectivity index is 2.19. The van der Waals surface area contributed by atoms with Crippen LogP contribution < -0.4 is 10.1 Å². The Bertz CT molecular complexity index is 377. The number of ether oxygens (including phenoxy) is 1. The van der Waals surface area contributed by atoms with Gasteiger partial charge in [0, 0.05) is 38.6 Å². The number of nitrogens with one attached hydrogen (secondary N) is 1. The molecule has 1 aromatic rings. The van der Waals surface area contributed by atoms with Gasteiger partial charge in [-0.1, -0.05) is 0 Å². The van der Waals surface area contributed by atoms with Crippen molar-refractivity contribution in [1.82, 2.24) is 20.2 Å². The molecule has 0 unspecified atom stereocenters. The van der Waals surface area contributed by atoms with Gasteiger partial charge in [0.05, 0.1) is 7.11 Å². The third kappa shape index (κ3) is 2.11. The lowest BCUT2D eigenvalue weighted by molar-refractivity contribution is 0.0725. The van der Waals surface area contributed by atoms with Crippen molar-refractivity contribution >= 4 is 5.91 Å². The van der Waals surface area contributed by atoms with Gasteiger partial charge in [0.15, 0.2) is 5.69 Å². The molecule has 1 saturated heterocycles. The molecule has 1 aliphatic heterocycles. The van der Waals surface area contributed by atoms with Gasteiger partial charge in [-0.15, -0.1) is 0 Å². The first-order valence-corrected chi connectivity index (χ1v) is 5.18. The van der Waals surface area contributed by atoms with E-state index in [2.05, 4.69) is 15.3 Å². The van der Waals surface area contributed by atoms with E-state index in [1.807, 2.05) is 0 Å². The van der Waals surface area contributed by atoms with Crippen molar-refractivity contribution in [3.05, 3.63) is 18.1 Å². The van der Waals surface area contributed by atoms with E-state index in [1.165, 1.54) is 19.5 Å². The van der Waals surface area contributed by atoms with Gasteiger partial charge in [-0.25, -0.2) is 9.97 Å². The highest BCUT2D eigenvalue weighted by atomic mass is 16.5. The number of amides is 1. The summed E-state index contributed by atoms with van der Waals surface area (Å²) in [4.78, 5) is 21.8. The fraction of sp³-hybridized carbons (Fsp3) is 0.500. The standard InChI is InChI=1S/C10H14N4O2/c1-16-9-8(12-2-3-13-9)10(15)14-6-4-11-5-7-14/h2-3,11H,4-7H2,1H3. The molecular formula is C10H14N4O2. The van der Waals surface area contributed by atoms with E-state index in [-0.39, 0.29) is 17.5 Å². The van der Waals surface area contributed by atoms with Gasteiger partial charge in [0.25, 0.3) is 5.91 Å². The topological polar surface area (TPSA) is 67.4 Å². The van der Waals surface area contributed by atoms with Crippen molar-refractivity contribution in [2.75, 3.05) is 33.3 Å². The molecule has 86 valence electrons. The number of hydrogen-bond acceptors (Lipinski definition) is 5. The van der Waals surface area contributed by atoms with Crippen molar-refractivity contribution in [3.8, 4) is 5.88 Å². The van der Waals surface area contributed by atoms with Gasteiger partial charge in [0.2, 0.25) is 5.88 Å². The number of methoxy groups -OCH3 is 1. The third-order valence-electron chi connectivity index (χ3n) is 2.46. The minimum Gasteiger partial charge on any atom is -0.479 e. The largest absolute Gasteiger partial charge is 0.479 e. The van der Waals surface area contributed by atoms with E-state index in [1.54, 1.807) is 4.90 Å². The highest BCUT2D eigenvalue weighted by Crippen LogP contribution is 2.13. The molecule has 0 radical (unpaired) electrons. The van der Waals surface area contributed by atoms with E-state index in [0.717, 1.165) is 13.1 Å². The summed E-state index contributed by atoms with van der Waals surface area (Å²) in [7, 11) is 1.48. The lowest BCUT2D eigenvalue weighted by Gasteiger charge is -2.27. The van der Waals surface area contributed by atoms with E-state index >= 15 is 0 Å². The Morgan fingerprint density at radius 1 is 1.38 bits per heavy atom. The molecule has 0 saturated carbocycles. The van der Waals surface area contributed by atoms with E-state index in [9.17, 15) is 4.79 Å². The summed E-state index contributed by atoms with van der Waals surface area (Å²) in [5.74, 6) is 0.164. The fourth-order valence-electron chi connectivity index (χ4n) is 1.64. The Morgan fingerprint density at radius 3 is 2.75 bits per heavy atom. The third-order valence-corrected chi connectivity index (χ3v) is 2.46. The molecule has 1 amide bonds. The first-order chi connectivity index (χ1) is 7.83. The zero-order valence-corrected chi connectivity index (χ0v) is 9.14. The maximum Gasteiger partial charge on any atom is 0.278 e. The molecule has 0 aliphatic carbocycles. The van der Waals surface area contributed by atoms with Crippen LogP contribution in [-0.2, 0) is 0 Å². The molecule has 16 heavy (non-hydrogen) atoms. The second-order valence-electron chi connectivity index (χ2n) is 3.46. The fourth-order valence-corrected chi connectivity index (χ4v) is 1.64. The minimum atomic E-state index is -0.119. The summed E-state index contributed by atoms with van der Waals surface area (Å²) in [5, 5.41) is 3.19. The molecule has 0 aromatic carbocycles. The van der Waals surface area contributed by atoms with Crippen molar-refractivity contribution in [2.45, 2.75) is 0 Å². The Labute approximate surface area is 93.6 Å². The molecule has 0 atom stereocenters. The van der Waals surface area contributed by atoms with Crippen molar-refractivity contribution in [2.24, 2.45) is 0 Å². The SMILES string of the molecule is COc1nccnc1C(=O)N1CCNCC1. The zero-order valence-electron chi connectivity index (χ0n) is 9.14. The first-order valence-electron chi connectivity index (χ1n) is 5.18. The van der Waals surface area contributed by atoms with Crippen LogP contribution in [0.1, 0.15) is 10.5 Å². The van der Waals surface area contributed by atoms with Crippen LogP contribution in [0.2, 0.25) is 0 Å². The lowest BCUT2D eigenvalue weighted by Crippen LogP contribution is -2.46. The quantitative estimate of drug-likeness (QED) is 0.732. The Hall–Kier alpha value is -1.69. The van der Waals surface area contributed by atoms with Gasteiger partial charge in [0.1, 0.15) is 0 Å². The molecule has 6 heteroatoms. The maximum absolute atomic E-state index is 12.1. The molecule has 1 aliphatic rings. The molecule has 1 aromatic heterocycles. The van der Waals surface area contributed by atoms with Crippen LogP contribution in [0.25, 0.3) is 0 Å². The van der Waals surface area contributed by atoms with Crippen molar-refractivity contribution < 1.29 is 9.53 Å². The molecule has 1 fully saturated rings. The monoisotopic (exact) mass is 222 g/mol. The van der Waals surface area contributed by atoms with Crippen LogP contribution in [-0.4, -0.2) is 54.1 Å². The lowest BCUT2D eigenvalue weighted by atomic mass is 10.3. The van der Waals surface area contributed by atoms with Crippen LogP contribution in [0.3, 0.4) is 0 Å². The smallest absolute Gasteiger partial charge is 0.278 e. The van der Waals surface area contributed by atoms with Gasteiger partial charge in [-0.2, -0.15) is 0 Å². The van der Waals surface area contributed by atoms with E-state index in [0.29, 0.717) is 13.1 Å². The predicted octanol–water partition coefficient (Wildman–Crippen LogP) is -0.469. The molecule has 1 N–H and O–H groups in total. The second-order valence-corrected chi connectivity index (χ2v) is 3.46. The molecular weight excluding hydrogens is 208 g/mol. The average molecular weight is 222 g/mol. The van der Waals surface area contributed by atoms with Crippen LogP contribution in [0.15, 0.2) is 12.4 Å². The number of nitrogens with zero attached hydrogens (tertiary/aromatic N) is 3. The summed E-state index contributed by atoms with van der Waals surface area (Å²) in [6.45, 7) is 3.01. The molecule has 0 bridgehead atoms. The Morgan fingerprint density at radius 2 is 2.06 bits per heavy atom. The summed E-state index contributed by atoms with van der Waals surface area (Å²) < 4.78 is 5.02. The van der Waals surface area contributed by atoms with Gasteiger partial charge >= 0.3 is 0 Å². The molecule has 2 rings (SSSR count). The number of carbonyl (C=O) groups is 1. The van der Waals surface area contributed by atoms with E-state index < -0.39 is 0 Å². The number of rotatable bonds is 2. The Kier molecular flexibility index (Phi) is 3.31. The van der Waals surface area contributed by atoms with Gasteiger partial charge < -0.3 is 15.0 Å².